The highest BCUT2D eigenvalue weighted by Crippen LogP contribution is 2.29. The second-order valence-electron chi connectivity index (χ2n) is 4.64. The molecular weight excluding hydrogens is 178 g/mol. The first-order valence-electron chi connectivity index (χ1n) is 5.03. The van der Waals surface area contributed by atoms with Crippen LogP contribution in [0.25, 0.3) is 0 Å². The summed E-state index contributed by atoms with van der Waals surface area (Å²) in [6, 6.07) is -0.194. The van der Waals surface area contributed by atoms with Gasteiger partial charge in [0.25, 0.3) is 0 Å². The normalized spacial score (nSPS) is 14.4. The first kappa shape index (κ1) is 11.2. The van der Waals surface area contributed by atoms with Crippen LogP contribution in [-0.4, -0.2) is 10.1 Å². The lowest BCUT2D eigenvalue weighted by Crippen LogP contribution is -2.26. The fourth-order valence-electron chi connectivity index (χ4n) is 1.09. The average molecular weight is 197 g/mol. The molecule has 0 bridgehead atoms. The van der Waals surface area contributed by atoms with Crippen LogP contribution in [0.1, 0.15) is 51.9 Å². The molecule has 0 amide bonds. The minimum absolute atomic E-state index is 0.0456. The van der Waals surface area contributed by atoms with Crippen molar-refractivity contribution >= 4 is 0 Å². The van der Waals surface area contributed by atoms with Crippen LogP contribution in [0.5, 0.6) is 0 Å². The van der Waals surface area contributed by atoms with Gasteiger partial charge >= 0.3 is 0 Å². The Kier molecular flexibility index (Phi) is 3.26. The topological polar surface area (TPSA) is 64.9 Å². The Morgan fingerprint density at radius 1 is 1.43 bits per heavy atom. The van der Waals surface area contributed by atoms with E-state index >= 15 is 0 Å². The van der Waals surface area contributed by atoms with Gasteiger partial charge in [0.1, 0.15) is 0 Å². The van der Waals surface area contributed by atoms with E-state index in [1.165, 1.54) is 0 Å². The van der Waals surface area contributed by atoms with Gasteiger partial charge in [-0.2, -0.15) is 4.98 Å². The zero-order valence-electron chi connectivity index (χ0n) is 9.37. The predicted octanol–water partition coefficient (Wildman–Crippen LogP) is 2.07. The Bertz CT molecular complexity index is 288. The summed E-state index contributed by atoms with van der Waals surface area (Å²) in [5, 5.41) is 3.87. The van der Waals surface area contributed by atoms with Crippen LogP contribution in [0, 0.1) is 5.41 Å². The first-order chi connectivity index (χ1) is 6.45. The van der Waals surface area contributed by atoms with E-state index in [4.69, 9.17) is 10.3 Å². The summed E-state index contributed by atoms with van der Waals surface area (Å²) in [5.41, 5.74) is 5.94. The maximum Gasteiger partial charge on any atom is 0.244 e. The Morgan fingerprint density at radius 2 is 2.07 bits per heavy atom. The Balaban J connectivity index is 2.76. The highest BCUT2D eigenvalue weighted by molar-refractivity contribution is 4.96. The van der Waals surface area contributed by atoms with Gasteiger partial charge in [0.05, 0.1) is 6.04 Å². The van der Waals surface area contributed by atoms with E-state index in [9.17, 15) is 0 Å². The fourth-order valence-corrected chi connectivity index (χ4v) is 1.09. The Morgan fingerprint density at radius 3 is 2.57 bits per heavy atom. The SMILES string of the molecule is CCCc1noc([C@H](N)C(C)(C)C)n1. The molecule has 2 N–H and O–H groups in total. The molecule has 4 nitrogen and oxygen atoms in total. The molecule has 0 aliphatic carbocycles. The third-order valence-corrected chi connectivity index (χ3v) is 2.16. The van der Waals surface area contributed by atoms with E-state index in [1.807, 2.05) is 0 Å². The van der Waals surface area contributed by atoms with Crippen molar-refractivity contribution in [1.29, 1.82) is 0 Å². The van der Waals surface area contributed by atoms with E-state index in [0.717, 1.165) is 18.7 Å². The molecule has 0 fully saturated rings. The molecule has 1 heterocycles. The van der Waals surface area contributed by atoms with Gasteiger partial charge in [-0.3, -0.25) is 0 Å². The largest absolute Gasteiger partial charge is 0.338 e. The lowest BCUT2D eigenvalue weighted by molar-refractivity contribution is 0.252. The van der Waals surface area contributed by atoms with E-state index in [1.54, 1.807) is 0 Å². The first-order valence-corrected chi connectivity index (χ1v) is 5.03. The fraction of sp³-hybridized carbons (Fsp3) is 0.800. The lowest BCUT2D eigenvalue weighted by atomic mass is 9.87. The molecular formula is C10H19N3O. The van der Waals surface area contributed by atoms with Crippen molar-refractivity contribution in [3.05, 3.63) is 11.7 Å². The molecule has 0 saturated heterocycles. The van der Waals surface area contributed by atoms with Crippen LogP contribution in [0.2, 0.25) is 0 Å². The van der Waals surface area contributed by atoms with Crippen molar-refractivity contribution in [1.82, 2.24) is 10.1 Å². The number of hydrogen-bond donors (Lipinski definition) is 1. The zero-order valence-corrected chi connectivity index (χ0v) is 9.37. The van der Waals surface area contributed by atoms with Crippen molar-refractivity contribution in [2.24, 2.45) is 11.1 Å². The van der Waals surface area contributed by atoms with Gasteiger partial charge in [0.2, 0.25) is 5.89 Å². The molecule has 0 spiro atoms. The summed E-state index contributed by atoms with van der Waals surface area (Å²) < 4.78 is 5.12. The van der Waals surface area contributed by atoms with Gasteiger partial charge in [-0.1, -0.05) is 32.9 Å². The highest BCUT2D eigenvalue weighted by Gasteiger charge is 2.27. The minimum atomic E-state index is -0.194. The van der Waals surface area contributed by atoms with Crippen LogP contribution in [-0.2, 0) is 6.42 Å². The molecule has 1 aromatic heterocycles. The summed E-state index contributed by atoms with van der Waals surface area (Å²) >= 11 is 0. The molecule has 0 unspecified atom stereocenters. The molecule has 0 aliphatic heterocycles. The molecule has 0 radical (unpaired) electrons. The maximum absolute atomic E-state index is 5.99. The van der Waals surface area contributed by atoms with Gasteiger partial charge in [0.15, 0.2) is 5.82 Å². The number of hydrogen-bond acceptors (Lipinski definition) is 4. The molecule has 80 valence electrons. The van der Waals surface area contributed by atoms with Crippen LogP contribution >= 0.6 is 0 Å². The maximum atomic E-state index is 5.99. The van der Waals surface area contributed by atoms with Gasteiger partial charge < -0.3 is 10.3 Å². The standard InChI is InChI=1S/C10H19N3O/c1-5-6-7-12-9(14-13-7)8(11)10(2,3)4/h8H,5-6,11H2,1-4H3/t8-/m0/s1. The van der Waals surface area contributed by atoms with Crippen LogP contribution in [0.3, 0.4) is 0 Å². The molecule has 0 aliphatic rings. The monoisotopic (exact) mass is 197 g/mol. The molecule has 0 saturated carbocycles. The zero-order chi connectivity index (χ0) is 10.8. The van der Waals surface area contributed by atoms with Gasteiger partial charge in [-0.25, -0.2) is 0 Å². The quantitative estimate of drug-likeness (QED) is 0.805. The molecule has 14 heavy (non-hydrogen) atoms. The van der Waals surface area contributed by atoms with E-state index in [0.29, 0.717) is 5.89 Å². The Labute approximate surface area is 84.9 Å². The number of aromatic nitrogens is 2. The lowest BCUT2D eigenvalue weighted by Gasteiger charge is -2.23. The summed E-state index contributed by atoms with van der Waals surface area (Å²) in [6.45, 7) is 8.25. The molecule has 1 aromatic rings. The van der Waals surface area contributed by atoms with Gasteiger partial charge in [-0.05, 0) is 11.8 Å². The van der Waals surface area contributed by atoms with E-state index < -0.39 is 0 Å². The van der Waals surface area contributed by atoms with Crippen molar-refractivity contribution in [2.75, 3.05) is 0 Å². The minimum Gasteiger partial charge on any atom is -0.338 e. The summed E-state index contributed by atoms with van der Waals surface area (Å²) in [5.74, 6) is 1.29. The summed E-state index contributed by atoms with van der Waals surface area (Å²) in [4.78, 5) is 4.26. The second kappa shape index (κ2) is 4.09. The number of nitrogens with zero attached hydrogens (tertiary/aromatic N) is 2. The third kappa shape index (κ3) is 2.54. The van der Waals surface area contributed by atoms with Gasteiger partial charge in [-0.15, -0.1) is 0 Å². The highest BCUT2D eigenvalue weighted by atomic mass is 16.5. The van der Waals surface area contributed by atoms with Crippen LogP contribution < -0.4 is 5.73 Å². The Hall–Kier alpha value is -0.900. The van der Waals surface area contributed by atoms with Crippen molar-refractivity contribution in [3.8, 4) is 0 Å². The van der Waals surface area contributed by atoms with Crippen molar-refractivity contribution in [3.63, 3.8) is 0 Å². The van der Waals surface area contributed by atoms with E-state index in [2.05, 4.69) is 37.8 Å². The number of rotatable bonds is 3. The predicted molar refractivity (Wildman–Crippen MR) is 54.7 cm³/mol. The number of nitrogens with two attached hydrogens (primary N) is 1. The number of aryl methyl sites for hydroxylation is 1. The van der Waals surface area contributed by atoms with Crippen LogP contribution in [0.15, 0.2) is 4.52 Å². The molecule has 4 heteroatoms. The molecule has 1 rings (SSSR count). The van der Waals surface area contributed by atoms with Crippen LogP contribution in [0.4, 0.5) is 0 Å². The average Bonchev–Trinajstić information content (AvgIpc) is 2.50. The summed E-state index contributed by atoms with van der Waals surface area (Å²) in [7, 11) is 0. The molecule has 0 aromatic carbocycles. The third-order valence-electron chi connectivity index (χ3n) is 2.16. The smallest absolute Gasteiger partial charge is 0.244 e. The summed E-state index contributed by atoms with van der Waals surface area (Å²) in [6.07, 6.45) is 1.87. The molecule has 1 atom stereocenters. The van der Waals surface area contributed by atoms with E-state index in [-0.39, 0.29) is 11.5 Å². The van der Waals surface area contributed by atoms with Crippen molar-refractivity contribution in [2.45, 2.75) is 46.6 Å². The van der Waals surface area contributed by atoms with Crippen molar-refractivity contribution < 1.29 is 4.52 Å². The second-order valence-corrected chi connectivity index (χ2v) is 4.64. The van der Waals surface area contributed by atoms with Gasteiger partial charge in [0, 0.05) is 6.42 Å².